The smallest absolute Gasteiger partial charge is 0.0276 e. The van der Waals surface area contributed by atoms with Crippen LogP contribution in [0, 0.1) is 17.8 Å². The number of rotatable bonds is 5. The predicted octanol–water partition coefficient (Wildman–Crippen LogP) is 3.79. The van der Waals surface area contributed by atoms with E-state index in [1.165, 1.54) is 12.1 Å². The summed E-state index contributed by atoms with van der Waals surface area (Å²) in [6, 6.07) is 0. The van der Waals surface area contributed by atoms with Crippen molar-refractivity contribution in [1.29, 1.82) is 0 Å². The van der Waals surface area contributed by atoms with Gasteiger partial charge in [0.15, 0.2) is 0 Å². The molecule has 0 aromatic heterocycles. The molecule has 0 bridgehead atoms. The van der Waals surface area contributed by atoms with Crippen LogP contribution in [-0.4, -0.2) is 12.8 Å². The Morgan fingerprint density at radius 2 is 1.69 bits per heavy atom. The highest BCUT2D eigenvalue weighted by atomic mass is 14.7. The van der Waals surface area contributed by atoms with Crippen molar-refractivity contribution < 1.29 is 0 Å². The van der Waals surface area contributed by atoms with Gasteiger partial charge in [-0.25, -0.2) is 0 Å². The highest BCUT2D eigenvalue weighted by molar-refractivity contribution is 5.84. The van der Waals surface area contributed by atoms with Gasteiger partial charge in [0, 0.05) is 12.8 Å². The highest BCUT2D eigenvalue weighted by Gasteiger charge is 2.16. The quantitative estimate of drug-likeness (QED) is 0.575. The summed E-state index contributed by atoms with van der Waals surface area (Å²) in [4.78, 5) is 4.30. The molecular weight excluding hydrogens is 158 g/mol. The Bertz CT molecular complexity index is 159. The Hall–Kier alpha value is -0.330. The van der Waals surface area contributed by atoms with Crippen molar-refractivity contribution in [3.8, 4) is 0 Å². The Morgan fingerprint density at radius 1 is 1.15 bits per heavy atom. The van der Waals surface area contributed by atoms with Crippen LogP contribution in [0.4, 0.5) is 0 Å². The van der Waals surface area contributed by atoms with Gasteiger partial charge in [-0.15, -0.1) is 0 Å². The average Bonchev–Trinajstić information content (AvgIpc) is 2.12. The van der Waals surface area contributed by atoms with Crippen LogP contribution >= 0.6 is 0 Å². The van der Waals surface area contributed by atoms with E-state index in [0.717, 1.165) is 24.2 Å². The van der Waals surface area contributed by atoms with Gasteiger partial charge in [0.25, 0.3) is 0 Å². The lowest BCUT2D eigenvalue weighted by atomic mass is 9.83. The molecule has 0 rings (SSSR count). The summed E-state index contributed by atoms with van der Waals surface area (Å²) in [6.45, 7) is 11.5. The lowest BCUT2D eigenvalue weighted by Gasteiger charge is -2.23. The van der Waals surface area contributed by atoms with Crippen molar-refractivity contribution in [2.24, 2.45) is 22.7 Å². The molecule has 0 amide bonds. The zero-order chi connectivity index (χ0) is 10.4. The fourth-order valence-corrected chi connectivity index (χ4v) is 1.61. The zero-order valence-corrected chi connectivity index (χ0v) is 10.1. The monoisotopic (exact) mass is 183 g/mol. The Balaban J connectivity index is 4.05. The minimum atomic E-state index is 0.763. The van der Waals surface area contributed by atoms with Crippen LogP contribution in [0.25, 0.3) is 0 Å². The van der Waals surface area contributed by atoms with Gasteiger partial charge in [-0.05, 0) is 30.6 Å². The van der Waals surface area contributed by atoms with E-state index >= 15 is 0 Å². The largest absolute Gasteiger partial charge is 0.297 e. The van der Waals surface area contributed by atoms with Gasteiger partial charge in [-0.3, -0.25) is 4.99 Å². The van der Waals surface area contributed by atoms with E-state index in [2.05, 4.69) is 39.6 Å². The van der Waals surface area contributed by atoms with Gasteiger partial charge >= 0.3 is 0 Å². The molecule has 0 heterocycles. The van der Waals surface area contributed by atoms with E-state index in [4.69, 9.17) is 0 Å². The van der Waals surface area contributed by atoms with Gasteiger partial charge in [0.2, 0.25) is 0 Å². The minimum Gasteiger partial charge on any atom is -0.297 e. The molecule has 2 atom stereocenters. The third kappa shape index (κ3) is 4.44. The molecule has 0 aromatic rings. The lowest BCUT2D eigenvalue weighted by Crippen LogP contribution is -2.17. The third-order valence-electron chi connectivity index (χ3n) is 3.23. The molecule has 0 aliphatic rings. The summed E-state index contributed by atoms with van der Waals surface area (Å²) in [5.74, 6) is 2.34. The van der Waals surface area contributed by atoms with E-state index in [9.17, 15) is 0 Å². The molecule has 1 unspecified atom stereocenters. The average molecular weight is 183 g/mol. The zero-order valence-electron chi connectivity index (χ0n) is 10.1. The molecule has 1 heteroatoms. The summed E-state index contributed by atoms with van der Waals surface area (Å²) in [5.41, 5.74) is 1.36. The maximum absolute atomic E-state index is 4.30. The molecule has 0 spiro atoms. The highest BCUT2D eigenvalue weighted by Crippen LogP contribution is 2.23. The number of nitrogens with zero attached hydrogens (tertiary/aromatic N) is 1. The first-order valence-electron chi connectivity index (χ1n) is 5.47. The first-order valence-corrected chi connectivity index (χ1v) is 5.47. The topological polar surface area (TPSA) is 12.4 Å². The molecule has 78 valence electrons. The number of hydrogen-bond acceptors (Lipinski definition) is 1. The normalized spacial score (nSPS) is 17.6. The van der Waals surface area contributed by atoms with E-state index in [1.807, 2.05) is 7.05 Å². The van der Waals surface area contributed by atoms with Crippen LogP contribution in [0.2, 0.25) is 0 Å². The van der Waals surface area contributed by atoms with Gasteiger partial charge in [-0.2, -0.15) is 0 Å². The summed E-state index contributed by atoms with van der Waals surface area (Å²) in [6.07, 6.45) is 2.28. The van der Waals surface area contributed by atoms with Gasteiger partial charge in [0.05, 0.1) is 0 Å². The summed E-state index contributed by atoms with van der Waals surface area (Å²) in [5, 5.41) is 0. The van der Waals surface area contributed by atoms with E-state index in [-0.39, 0.29) is 0 Å². The van der Waals surface area contributed by atoms with Crippen LogP contribution in [0.15, 0.2) is 4.99 Å². The number of aliphatic imine (C=N–C) groups is 1. The molecular formula is C12H25N. The van der Waals surface area contributed by atoms with Gasteiger partial charge in [0.1, 0.15) is 0 Å². The molecule has 0 N–H and O–H groups in total. The molecule has 0 saturated heterocycles. The predicted molar refractivity (Wildman–Crippen MR) is 61.4 cm³/mol. The van der Waals surface area contributed by atoms with Crippen LogP contribution < -0.4 is 0 Å². The molecule has 0 radical (unpaired) electrons. The maximum Gasteiger partial charge on any atom is 0.0276 e. The standard InChI is InChI=1S/C12H25N/c1-7-12(13-6)8-10(4)11(5)9(2)3/h9-11H,7-8H2,1-6H3/t10-,11?/m1/s1. The number of hydrogen-bond donors (Lipinski definition) is 0. The van der Waals surface area contributed by atoms with E-state index in [0.29, 0.717) is 0 Å². The fourth-order valence-electron chi connectivity index (χ4n) is 1.61. The van der Waals surface area contributed by atoms with Crippen LogP contribution in [0.1, 0.15) is 47.5 Å². The van der Waals surface area contributed by atoms with Crippen LogP contribution in [-0.2, 0) is 0 Å². The van der Waals surface area contributed by atoms with E-state index in [1.54, 1.807) is 0 Å². The molecule has 0 fully saturated rings. The molecule has 1 nitrogen and oxygen atoms in total. The van der Waals surface area contributed by atoms with Gasteiger partial charge in [-0.1, -0.05) is 34.6 Å². The van der Waals surface area contributed by atoms with Crippen LogP contribution in [0.5, 0.6) is 0 Å². The third-order valence-corrected chi connectivity index (χ3v) is 3.23. The van der Waals surface area contributed by atoms with Crippen molar-refractivity contribution in [3.05, 3.63) is 0 Å². The van der Waals surface area contributed by atoms with Crippen molar-refractivity contribution in [3.63, 3.8) is 0 Å². The Labute approximate surface area is 83.6 Å². The molecule has 0 aromatic carbocycles. The van der Waals surface area contributed by atoms with Crippen molar-refractivity contribution in [2.45, 2.75) is 47.5 Å². The molecule has 0 saturated carbocycles. The van der Waals surface area contributed by atoms with E-state index < -0.39 is 0 Å². The van der Waals surface area contributed by atoms with Crippen LogP contribution in [0.3, 0.4) is 0 Å². The molecule has 0 aliphatic carbocycles. The lowest BCUT2D eigenvalue weighted by molar-refractivity contribution is 0.302. The minimum absolute atomic E-state index is 0.763. The Kier molecular flexibility index (Phi) is 6.02. The fraction of sp³-hybridized carbons (Fsp3) is 0.917. The summed E-state index contributed by atoms with van der Waals surface area (Å²) in [7, 11) is 1.91. The van der Waals surface area contributed by atoms with Crippen molar-refractivity contribution >= 4 is 5.71 Å². The summed E-state index contributed by atoms with van der Waals surface area (Å²) >= 11 is 0. The summed E-state index contributed by atoms with van der Waals surface area (Å²) < 4.78 is 0. The SMILES string of the molecule is CCC(C[C@@H](C)C(C)C(C)C)=NC. The van der Waals surface area contributed by atoms with Crippen molar-refractivity contribution in [1.82, 2.24) is 0 Å². The second-order valence-electron chi connectivity index (χ2n) is 4.43. The second kappa shape index (κ2) is 6.17. The van der Waals surface area contributed by atoms with Gasteiger partial charge < -0.3 is 0 Å². The first-order chi connectivity index (χ1) is 6.02. The maximum atomic E-state index is 4.30. The van der Waals surface area contributed by atoms with Crippen molar-refractivity contribution in [2.75, 3.05) is 7.05 Å². The second-order valence-corrected chi connectivity index (χ2v) is 4.43. The molecule has 0 aliphatic heterocycles. The first kappa shape index (κ1) is 12.7. The molecule has 13 heavy (non-hydrogen) atoms. The Morgan fingerprint density at radius 3 is 2.00 bits per heavy atom.